The first-order valence-corrected chi connectivity index (χ1v) is 13.0. The molecule has 3 aromatic rings. The van der Waals surface area contributed by atoms with E-state index in [0.717, 1.165) is 22.0 Å². The van der Waals surface area contributed by atoms with Gasteiger partial charge in [-0.1, -0.05) is 29.5 Å². The van der Waals surface area contributed by atoms with E-state index < -0.39 is 9.84 Å². The molecule has 1 atom stereocenters. The van der Waals surface area contributed by atoms with Gasteiger partial charge in [-0.25, -0.2) is 13.4 Å². The van der Waals surface area contributed by atoms with Crippen molar-refractivity contribution in [2.24, 2.45) is 0 Å². The van der Waals surface area contributed by atoms with E-state index in [4.69, 9.17) is 4.42 Å². The highest BCUT2D eigenvalue weighted by Crippen LogP contribution is 2.30. The van der Waals surface area contributed by atoms with E-state index in [9.17, 15) is 13.2 Å². The second-order valence-electron chi connectivity index (χ2n) is 7.12. The number of anilines is 1. The number of rotatable bonds is 7. The summed E-state index contributed by atoms with van der Waals surface area (Å²) in [4.78, 5) is 16.7. The molecule has 0 unspecified atom stereocenters. The van der Waals surface area contributed by atoms with E-state index in [2.05, 4.69) is 20.5 Å². The Morgan fingerprint density at radius 1 is 1.30 bits per heavy atom. The van der Waals surface area contributed by atoms with E-state index in [1.54, 1.807) is 0 Å². The molecule has 0 saturated carbocycles. The van der Waals surface area contributed by atoms with Crippen LogP contribution >= 0.6 is 23.1 Å². The van der Waals surface area contributed by atoms with E-state index in [-0.39, 0.29) is 29.8 Å². The third kappa shape index (κ3) is 5.46. The molecule has 2 aromatic heterocycles. The first kappa shape index (κ1) is 21.0. The average Bonchev–Trinajstić information content (AvgIpc) is 3.42. The molecule has 1 N–H and O–H groups in total. The smallest absolute Gasteiger partial charge is 0.276 e. The third-order valence-electron chi connectivity index (χ3n) is 4.59. The number of aromatic nitrogens is 3. The van der Waals surface area contributed by atoms with E-state index in [1.165, 1.54) is 23.1 Å². The lowest BCUT2D eigenvalue weighted by Crippen LogP contribution is -2.14. The van der Waals surface area contributed by atoms with Gasteiger partial charge in [-0.3, -0.25) is 4.79 Å². The SMILES string of the molecule is Cc1ccc(NC(=O)Cc2nc(CSc3nnc([C@@H]4CCS(=O)(=O)C4)o3)cs2)cc1. The monoisotopic (exact) mass is 464 g/mol. The fraction of sp³-hybridized carbons (Fsp3) is 0.368. The van der Waals surface area contributed by atoms with Gasteiger partial charge in [0.2, 0.25) is 11.8 Å². The maximum atomic E-state index is 12.2. The predicted octanol–water partition coefficient (Wildman–Crippen LogP) is 3.21. The average molecular weight is 465 g/mol. The molecule has 1 aliphatic rings. The first-order chi connectivity index (χ1) is 14.4. The molecule has 1 aliphatic heterocycles. The van der Waals surface area contributed by atoms with Crippen molar-refractivity contribution >= 4 is 44.5 Å². The number of nitrogens with one attached hydrogen (secondary N) is 1. The summed E-state index contributed by atoms with van der Waals surface area (Å²) in [6.45, 7) is 2.00. The molecule has 1 amide bonds. The van der Waals surface area contributed by atoms with Gasteiger partial charge in [-0.2, -0.15) is 0 Å². The topological polar surface area (TPSA) is 115 Å². The zero-order valence-electron chi connectivity index (χ0n) is 16.2. The number of benzene rings is 1. The second-order valence-corrected chi connectivity index (χ2v) is 11.2. The Morgan fingerprint density at radius 3 is 2.83 bits per heavy atom. The number of carbonyl (C=O) groups excluding carboxylic acids is 1. The molecule has 158 valence electrons. The number of sulfone groups is 1. The van der Waals surface area contributed by atoms with Crippen LogP contribution in [-0.2, 0) is 26.8 Å². The van der Waals surface area contributed by atoms with Gasteiger partial charge >= 0.3 is 0 Å². The van der Waals surface area contributed by atoms with Gasteiger partial charge in [0.15, 0.2) is 9.84 Å². The molecule has 1 saturated heterocycles. The zero-order chi connectivity index (χ0) is 21.1. The highest BCUT2D eigenvalue weighted by atomic mass is 32.2. The van der Waals surface area contributed by atoms with Crippen LogP contribution in [0.2, 0.25) is 0 Å². The van der Waals surface area contributed by atoms with Gasteiger partial charge in [0.1, 0.15) is 5.01 Å². The van der Waals surface area contributed by atoms with Crippen LogP contribution in [0.1, 0.15) is 34.5 Å². The number of thiazole rings is 1. The summed E-state index contributed by atoms with van der Waals surface area (Å²) in [6.07, 6.45) is 0.735. The van der Waals surface area contributed by atoms with Gasteiger partial charge in [0, 0.05) is 16.8 Å². The minimum atomic E-state index is -2.99. The van der Waals surface area contributed by atoms with Gasteiger partial charge in [0.05, 0.1) is 29.5 Å². The number of hydrogen-bond donors (Lipinski definition) is 1. The summed E-state index contributed by atoms with van der Waals surface area (Å²) < 4.78 is 28.8. The Balaban J connectivity index is 1.28. The lowest BCUT2D eigenvalue weighted by atomic mass is 10.1. The molecular weight excluding hydrogens is 444 g/mol. The molecule has 30 heavy (non-hydrogen) atoms. The molecular formula is C19H20N4O4S3. The van der Waals surface area contributed by atoms with Crippen LogP contribution in [0.4, 0.5) is 5.69 Å². The number of thioether (sulfide) groups is 1. The van der Waals surface area contributed by atoms with Crippen LogP contribution in [0.5, 0.6) is 0 Å². The summed E-state index contributed by atoms with van der Waals surface area (Å²) in [5.74, 6) is 0.822. The van der Waals surface area contributed by atoms with Crippen molar-refractivity contribution in [2.45, 2.75) is 36.7 Å². The molecule has 0 spiro atoms. The van der Waals surface area contributed by atoms with Crippen molar-refractivity contribution in [1.29, 1.82) is 0 Å². The lowest BCUT2D eigenvalue weighted by Gasteiger charge is -2.04. The molecule has 3 heterocycles. The minimum Gasteiger partial charge on any atom is -0.416 e. The molecule has 0 aliphatic carbocycles. The predicted molar refractivity (Wildman–Crippen MR) is 115 cm³/mol. The molecule has 0 bridgehead atoms. The maximum absolute atomic E-state index is 12.2. The van der Waals surface area contributed by atoms with Gasteiger partial charge in [0.25, 0.3) is 5.22 Å². The maximum Gasteiger partial charge on any atom is 0.276 e. The Labute approximate surface area is 182 Å². The Bertz CT molecular complexity index is 1140. The summed E-state index contributed by atoms with van der Waals surface area (Å²) >= 11 is 2.78. The molecule has 8 nitrogen and oxygen atoms in total. The summed E-state index contributed by atoms with van der Waals surface area (Å²) in [7, 11) is -2.99. The summed E-state index contributed by atoms with van der Waals surface area (Å²) in [5.41, 5.74) is 2.73. The molecule has 11 heteroatoms. The summed E-state index contributed by atoms with van der Waals surface area (Å²) in [5, 5.41) is 13.9. The van der Waals surface area contributed by atoms with Gasteiger partial charge in [-0.15, -0.1) is 21.5 Å². The minimum absolute atomic E-state index is 0.0688. The number of nitrogens with zero attached hydrogens (tertiary/aromatic N) is 3. The summed E-state index contributed by atoms with van der Waals surface area (Å²) in [6, 6.07) is 7.64. The fourth-order valence-electron chi connectivity index (χ4n) is 3.04. The highest BCUT2D eigenvalue weighted by molar-refractivity contribution is 7.98. The van der Waals surface area contributed by atoms with Crippen molar-refractivity contribution in [3.05, 3.63) is 51.8 Å². The van der Waals surface area contributed by atoms with Crippen molar-refractivity contribution < 1.29 is 17.6 Å². The fourth-order valence-corrected chi connectivity index (χ4v) is 6.34. The van der Waals surface area contributed by atoms with Crippen LogP contribution in [0, 0.1) is 6.92 Å². The Morgan fingerprint density at radius 2 is 2.10 bits per heavy atom. The largest absolute Gasteiger partial charge is 0.416 e. The standard InChI is InChI=1S/C19H20N4O4S3/c1-12-2-4-14(5-3-12)20-16(24)8-17-21-15(9-28-17)10-29-19-23-22-18(27-19)13-6-7-30(25,26)11-13/h2-5,9,13H,6-8,10-11H2,1H3,(H,20,24)/t13-/m1/s1. The number of carbonyl (C=O) groups is 1. The molecule has 0 radical (unpaired) electrons. The van der Waals surface area contributed by atoms with Crippen LogP contribution in [0.15, 0.2) is 39.3 Å². The van der Waals surface area contributed by atoms with Crippen molar-refractivity contribution in [3.8, 4) is 0 Å². The number of aryl methyl sites for hydroxylation is 1. The number of amides is 1. The Hall–Kier alpha value is -2.24. The van der Waals surface area contributed by atoms with Crippen molar-refractivity contribution in [3.63, 3.8) is 0 Å². The Kier molecular flexibility index (Phi) is 6.21. The van der Waals surface area contributed by atoms with Crippen LogP contribution in [0.3, 0.4) is 0 Å². The quantitative estimate of drug-likeness (QED) is 0.530. The van der Waals surface area contributed by atoms with E-state index in [0.29, 0.717) is 23.3 Å². The zero-order valence-corrected chi connectivity index (χ0v) is 18.6. The third-order valence-corrected chi connectivity index (χ3v) is 8.11. The van der Waals surface area contributed by atoms with Gasteiger partial charge < -0.3 is 9.73 Å². The first-order valence-electron chi connectivity index (χ1n) is 9.33. The van der Waals surface area contributed by atoms with Gasteiger partial charge in [-0.05, 0) is 25.5 Å². The lowest BCUT2D eigenvalue weighted by molar-refractivity contribution is -0.115. The van der Waals surface area contributed by atoms with Crippen molar-refractivity contribution in [2.75, 3.05) is 16.8 Å². The van der Waals surface area contributed by atoms with E-state index in [1.807, 2.05) is 36.6 Å². The normalized spacial score (nSPS) is 17.8. The van der Waals surface area contributed by atoms with Crippen LogP contribution < -0.4 is 5.32 Å². The number of hydrogen-bond acceptors (Lipinski definition) is 9. The van der Waals surface area contributed by atoms with Crippen LogP contribution in [0.25, 0.3) is 0 Å². The molecule has 1 aromatic carbocycles. The van der Waals surface area contributed by atoms with Crippen molar-refractivity contribution in [1.82, 2.24) is 15.2 Å². The van der Waals surface area contributed by atoms with E-state index >= 15 is 0 Å². The second kappa shape index (κ2) is 8.86. The highest BCUT2D eigenvalue weighted by Gasteiger charge is 2.32. The molecule has 1 fully saturated rings. The molecule has 4 rings (SSSR count). The van der Waals surface area contributed by atoms with Crippen LogP contribution in [-0.4, -0.2) is 41.0 Å².